The summed E-state index contributed by atoms with van der Waals surface area (Å²) in [6.07, 6.45) is -0.134. The highest BCUT2D eigenvalue weighted by atomic mass is 16.6. The molecular formula is C22H48N2O9. The van der Waals surface area contributed by atoms with E-state index < -0.39 is 13.6 Å². The minimum absolute atomic E-state index is 0.0295. The number of nitrogens with zero attached hydrogens (tertiary/aromatic N) is 2. The van der Waals surface area contributed by atoms with Crippen molar-refractivity contribution in [3.8, 4) is 0 Å². The smallest absolute Gasteiger partial charge is 0.144 e. The summed E-state index contributed by atoms with van der Waals surface area (Å²) < 4.78 is 27.5. The first-order valence-corrected chi connectivity index (χ1v) is 11.8. The lowest BCUT2D eigenvalue weighted by Gasteiger charge is -2.32. The van der Waals surface area contributed by atoms with E-state index in [1.807, 2.05) is 34.6 Å². The molecule has 11 heteroatoms. The van der Waals surface area contributed by atoms with Gasteiger partial charge in [0.1, 0.15) is 20.4 Å². The number of hydrogen-bond acceptors (Lipinski definition) is 11. The Kier molecular flexibility index (Phi) is 20.6. The standard InChI is InChI=1S/C22H48N2O9/c1-6-20(31-15-26)9-23(10-21(32-16-27)12-29-18(2)3)7-8-24(14-25)11-22(33-17-28)13-30-19(4)5/h18-22,25-28H,6-17H2,1-5H3. The molecule has 0 aromatic heterocycles. The third-order valence-electron chi connectivity index (χ3n) is 4.93. The highest BCUT2D eigenvalue weighted by molar-refractivity contribution is 4.73. The monoisotopic (exact) mass is 484 g/mol. The summed E-state index contributed by atoms with van der Waals surface area (Å²) in [5.74, 6) is 0. The molecule has 0 saturated heterocycles. The van der Waals surface area contributed by atoms with Gasteiger partial charge in [-0.1, -0.05) is 6.92 Å². The predicted molar refractivity (Wildman–Crippen MR) is 123 cm³/mol. The lowest BCUT2D eigenvalue weighted by Crippen LogP contribution is -2.46. The van der Waals surface area contributed by atoms with E-state index >= 15 is 0 Å². The van der Waals surface area contributed by atoms with Crippen LogP contribution in [0.3, 0.4) is 0 Å². The van der Waals surface area contributed by atoms with Crippen LogP contribution in [-0.4, -0.2) is 134 Å². The van der Waals surface area contributed by atoms with Gasteiger partial charge in [-0.3, -0.25) is 9.80 Å². The summed E-state index contributed by atoms with van der Waals surface area (Å²) in [5, 5.41) is 37.5. The Morgan fingerprint density at radius 3 is 1.36 bits per heavy atom. The van der Waals surface area contributed by atoms with Crippen LogP contribution < -0.4 is 0 Å². The molecule has 4 N–H and O–H groups in total. The Labute approximate surface area is 199 Å². The summed E-state index contributed by atoms with van der Waals surface area (Å²) in [7, 11) is 0. The van der Waals surface area contributed by atoms with Crippen LogP contribution in [0.5, 0.6) is 0 Å². The zero-order valence-corrected chi connectivity index (χ0v) is 21.1. The molecule has 0 aliphatic rings. The molecule has 3 atom stereocenters. The Morgan fingerprint density at radius 2 is 0.970 bits per heavy atom. The average molecular weight is 485 g/mol. The molecule has 0 amide bonds. The van der Waals surface area contributed by atoms with Crippen LogP contribution in [0.15, 0.2) is 0 Å². The predicted octanol–water partition coefficient (Wildman–Crippen LogP) is -0.195. The normalized spacial score (nSPS) is 15.2. The molecule has 0 saturated carbocycles. The van der Waals surface area contributed by atoms with Crippen LogP contribution in [0.1, 0.15) is 41.0 Å². The zero-order chi connectivity index (χ0) is 25.1. The number of hydrogen-bond donors (Lipinski definition) is 4. The molecule has 3 unspecified atom stereocenters. The highest BCUT2D eigenvalue weighted by Gasteiger charge is 2.21. The van der Waals surface area contributed by atoms with Crippen LogP contribution >= 0.6 is 0 Å². The van der Waals surface area contributed by atoms with Gasteiger partial charge in [-0.15, -0.1) is 0 Å². The van der Waals surface area contributed by atoms with Crippen molar-refractivity contribution in [2.75, 3.05) is 73.0 Å². The Bertz CT molecular complexity index is 433. The molecule has 0 spiro atoms. The highest BCUT2D eigenvalue weighted by Crippen LogP contribution is 2.08. The third kappa shape index (κ3) is 17.6. The molecule has 11 nitrogen and oxygen atoms in total. The van der Waals surface area contributed by atoms with Gasteiger partial charge >= 0.3 is 0 Å². The second-order valence-corrected chi connectivity index (χ2v) is 8.40. The van der Waals surface area contributed by atoms with Crippen molar-refractivity contribution in [3.63, 3.8) is 0 Å². The van der Waals surface area contributed by atoms with Gasteiger partial charge < -0.3 is 44.1 Å². The molecule has 200 valence electrons. The van der Waals surface area contributed by atoms with Crippen molar-refractivity contribution < 1.29 is 44.1 Å². The SMILES string of the molecule is CCC(CN(CCN(CO)CC(COC(C)C)OCO)CC(COC(C)C)OCO)OCO. The summed E-state index contributed by atoms with van der Waals surface area (Å²) in [4.78, 5) is 3.90. The van der Waals surface area contributed by atoms with Crippen LogP contribution in [0.4, 0.5) is 0 Å². The van der Waals surface area contributed by atoms with Gasteiger partial charge in [-0.25, -0.2) is 0 Å². The summed E-state index contributed by atoms with van der Waals surface area (Å²) in [6.45, 7) is 11.4. The van der Waals surface area contributed by atoms with E-state index in [9.17, 15) is 20.4 Å². The summed E-state index contributed by atoms with van der Waals surface area (Å²) in [5.41, 5.74) is 0. The van der Waals surface area contributed by atoms with Crippen LogP contribution in [-0.2, 0) is 23.7 Å². The first-order chi connectivity index (χ1) is 15.8. The molecule has 0 aliphatic carbocycles. The fourth-order valence-electron chi connectivity index (χ4n) is 3.15. The fourth-order valence-corrected chi connectivity index (χ4v) is 3.15. The van der Waals surface area contributed by atoms with Crippen molar-refractivity contribution in [1.29, 1.82) is 0 Å². The van der Waals surface area contributed by atoms with Gasteiger partial charge in [-0.2, -0.15) is 0 Å². The van der Waals surface area contributed by atoms with Crippen LogP contribution in [0.2, 0.25) is 0 Å². The van der Waals surface area contributed by atoms with Gasteiger partial charge in [0.05, 0.1) is 50.5 Å². The van der Waals surface area contributed by atoms with Crippen molar-refractivity contribution in [3.05, 3.63) is 0 Å². The molecule has 0 fully saturated rings. The summed E-state index contributed by atoms with van der Waals surface area (Å²) >= 11 is 0. The largest absolute Gasteiger partial charge is 0.381 e. The van der Waals surface area contributed by atoms with Crippen molar-refractivity contribution >= 4 is 0 Å². The maximum atomic E-state index is 9.87. The van der Waals surface area contributed by atoms with E-state index in [1.165, 1.54) is 0 Å². The molecule has 0 aromatic rings. The lowest BCUT2D eigenvalue weighted by molar-refractivity contribution is -0.111. The molecule has 0 aliphatic heterocycles. The van der Waals surface area contributed by atoms with Gasteiger partial charge in [0.2, 0.25) is 0 Å². The van der Waals surface area contributed by atoms with E-state index in [4.69, 9.17) is 23.7 Å². The maximum Gasteiger partial charge on any atom is 0.144 e. The topological polar surface area (TPSA) is 134 Å². The first kappa shape index (κ1) is 32.6. The van der Waals surface area contributed by atoms with Gasteiger partial charge in [0.15, 0.2) is 0 Å². The van der Waals surface area contributed by atoms with E-state index in [2.05, 4.69) is 4.90 Å². The Hall–Kier alpha value is -0.440. The number of rotatable bonds is 23. The number of aliphatic hydroxyl groups excluding tert-OH is 4. The maximum absolute atomic E-state index is 9.87. The minimum atomic E-state index is -0.426. The number of ether oxygens (including phenoxy) is 5. The van der Waals surface area contributed by atoms with Gasteiger partial charge in [-0.05, 0) is 34.1 Å². The molecule has 33 heavy (non-hydrogen) atoms. The molecule has 0 heterocycles. The first-order valence-electron chi connectivity index (χ1n) is 11.8. The minimum Gasteiger partial charge on any atom is -0.381 e. The quantitative estimate of drug-likeness (QED) is 0.144. The van der Waals surface area contributed by atoms with E-state index in [-0.39, 0.29) is 44.0 Å². The molecule has 0 aromatic carbocycles. The van der Waals surface area contributed by atoms with Crippen molar-refractivity contribution in [2.24, 2.45) is 0 Å². The van der Waals surface area contributed by atoms with E-state index in [1.54, 1.807) is 4.90 Å². The molecule has 0 bridgehead atoms. The fraction of sp³-hybridized carbons (Fsp3) is 1.00. The van der Waals surface area contributed by atoms with Crippen molar-refractivity contribution in [2.45, 2.75) is 71.6 Å². The second kappa shape index (κ2) is 20.9. The Balaban J connectivity index is 5.12. The van der Waals surface area contributed by atoms with Gasteiger partial charge in [0, 0.05) is 32.7 Å². The zero-order valence-electron chi connectivity index (χ0n) is 21.1. The average Bonchev–Trinajstić information content (AvgIpc) is 2.77. The molecular weight excluding hydrogens is 436 g/mol. The van der Waals surface area contributed by atoms with E-state index in [0.717, 1.165) is 0 Å². The van der Waals surface area contributed by atoms with Crippen LogP contribution in [0.25, 0.3) is 0 Å². The second-order valence-electron chi connectivity index (χ2n) is 8.40. The summed E-state index contributed by atoms with van der Waals surface area (Å²) in [6, 6.07) is 0. The van der Waals surface area contributed by atoms with Gasteiger partial charge in [0.25, 0.3) is 0 Å². The van der Waals surface area contributed by atoms with Crippen LogP contribution in [0, 0.1) is 0 Å². The molecule has 0 rings (SSSR count). The Morgan fingerprint density at radius 1 is 0.576 bits per heavy atom. The third-order valence-corrected chi connectivity index (χ3v) is 4.93. The van der Waals surface area contributed by atoms with Crippen molar-refractivity contribution in [1.82, 2.24) is 9.80 Å². The molecule has 0 radical (unpaired) electrons. The van der Waals surface area contributed by atoms with E-state index in [0.29, 0.717) is 52.4 Å². The number of aliphatic hydroxyl groups is 4. The lowest BCUT2D eigenvalue weighted by atomic mass is 10.2.